The zero-order valence-corrected chi connectivity index (χ0v) is 11.6. The van der Waals surface area contributed by atoms with E-state index in [1.54, 1.807) is 0 Å². The smallest absolute Gasteiger partial charge is 0.326 e. The van der Waals surface area contributed by atoms with E-state index < -0.39 is 5.60 Å². The first-order chi connectivity index (χ1) is 8.31. The van der Waals surface area contributed by atoms with Crippen LogP contribution >= 0.6 is 0 Å². The highest BCUT2D eigenvalue weighted by Gasteiger charge is 2.17. The molecule has 0 fully saturated rings. The van der Waals surface area contributed by atoms with Gasteiger partial charge in [0.2, 0.25) is 0 Å². The number of carbonyl (C=O) groups is 1. The Bertz CT molecular complexity index is 393. The molecule has 100 valence electrons. The van der Waals surface area contributed by atoms with Gasteiger partial charge >= 0.3 is 5.97 Å². The summed E-state index contributed by atoms with van der Waals surface area (Å²) in [6, 6.07) is 7.82. The first-order valence-corrected chi connectivity index (χ1v) is 6.04. The molecule has 0 radical (unpaired) electrons. The van der Waals surface area contributed by atoms with E-state index in [2.05, 4.69) is 0 Å². The van der Waals surface area contributed by atoms with Crippen LogP contribution in [-0.4, -0.2) is 25.2 Å². The number of esters is 1. The summed E-state index contributed by atoms with van der Waals surface area (Å²) in [6.45, 7) is 6.35. The highest BCUT2D eigenvalue weighted by molar-refractivity contribution is 5.76. The van der Waals surface area contributed by atoms with Crippen molar-refractivity contribution in [2.45, 2.75) is 32.9 Å². The van der Waals surface area contributed by atoms with Crippen molar-refractivity contribution in [2.24, 2.45) is 5.73 Å². The maximum atomic E-state index is 11.7. The summed E-state index contributed by atoms with van der Waals surface area (Å²) in [5, 5.41) is 0. The van der Waals surface area contributed by atoms with Crippen molar-refractivity contribution in [3.05, 3.63) is 29.8 Å². The molecule has 1 aromatic carbocycles. The summed E-state index contributed by atoms with van der Waals surface area (Å²) >= 11 is 0. The number of carbonyl (C=O) groups excluding carboxylic acids is 1. The molecule has 0 aliphatic heterocycles. The molecule has 0 amide bonds. The molecule has 0 saturated heterocycles. The second kappa shape index (κ2) is 5.87. The average Bonchev–Trinajstić information content (AvgIpc) is 2.26. The third kappa shape index (κ3) is 4.75. The molecule has 0 aromatic heterocycles. The highest BCUT2D eigenvalue weighted by Crippen LogP contribution is 2.14. The van der Waals surface area contributed by atoms with E-state index in [1.807, 2.05) is 57.0 Å². The number of nitrogens with two attached hydrogens (primary N) is 1. The number of likely N-dealkylation sites (N-methyl/N-ethyl adjacent to an activating group) is 1. The van der Waals surface area contributed by atoms with Gasteiger partial charge in [-0.15, -0.1) is 0 Å². The molecule has 4 nitrogen and oxygen atoms in total. The molecular weight excluding hydrogens is 228 g/mol. The van der Waals surface area contributed by atoms with Gasteiger partial charge in [-0.1, -0.05) is 12.1 Å². The molecule has 1 aromatic rings. The van der Waals surface area contributed by atoms with Gasteiger partial charge < -0.3 is 15.4 Å². The lowest BCUT2D eigenvalue weighted by Crippen LogP contribution is -2.32. The van der Waals surface area contributed by atoms with Crippen LogP contribution in [-0.2, 0) is 16.1 Å². The van der Waals surface area contributed by atoms with Gasteiger partial charge in [0.25, 0.3) is 0 Å². The molecule has 0 bridgehead atoms. The lowest BCUT2D eigenvalue weighted by Gasteiger charge is -2.23. The number of nitrogens with zero attached hydrogens (tertiary/aromatic N) is 1. The van der Waals surface area contributed by atoms with Gasteiger partial charge in [-0.3, -0.25) is 4.79 Å². The van der Waals surface area contributed by atoms with Crippen molar-refractivity contribution in [3.63, 3.8) is 0 Å². The van der Waals surface area contributed by atoms with Crippen LogP contribution in [0.3, 0.4) is 0 Å². The van der Waals surface area contributed by atoms with Crippen molar-refractivity contribution in [2.75, 3.05) is 18.5 Å². The number of rotatable bonds is 4. The van der Waals surface area contributed by atoms with Crippen molar-refractivity contribution < 1.29 is 9.53 Å². The average molecular weight is 250 g/mol. The lowest BCUT2D eigenvalue weighted by molar-refractivity contribution is -0.152. The molecule has 0 saturated carbocycles. The number of anilines is 1. The Kier molecular flexibility index (Phi) is 4.73. The fourth-order valence-corrected chi connectivity index (χ4v) is 1.55. The van der Waals surface area contributed by atoms with E-state index in [0.717, 1.165) is 11.3 Å². The summed E-state index contributed by atoms with van der Waals surface area (Å²) in [4.78, 5) is 13.5. The minimum atomic E-state index is -0.443. The summed E-state index contributed by atoms with van der Waals surface area (Å²) in [7, 11) is 1.86. The van der Waals surface area contributed by atoms with Gasteiger partial charge in [-0.2, -0.15) is 0 Å². The first kappa shape index (κ1) is 14.5. The molecule has 0 spiro atoms. The van der Waals surface area contributed by atoms with Gasteiger partial charge in [-0.25, -0.2) is 0 Å². The van der Waals surface area contributed by atoms with Crippen LogP contribution < -0.4 is 10.6 Å². The number of hydrogen-bond donors (Lipinski definition) is 1. The van der Waals surface area contributed by atoms with E-state index in [1.165, 1.54) is 0 Å². The summed E-state index contributed by atoms with van der Waals surface area (Å²) < 4.78 is 5.27. The predicted molar refractivity (Wildman–Crippen MR) is 73.4 cm³/mol. The zero-order chi connectivity index (χ0) is 13.8. The number of hydrogen-bond acceptors (Lipinski definition) is 4. The molecule has 0 atom stereocenters. The van der Waals surface area contributed by atoms with Crippen molar-refractivity contribution in [1.82, 2.24) is 0 Å². The van der Waals surface area contributed by atoms with Gasteiger partial charge in [0.05, 0.1) is 0 Å². The fourth-order valence-electron chi connectivity index (χ4n) is 1.55. The largest absolute Gasteiger partial charge is 0.459 e. The predicted octanol–water partition coefficient (Wildman–Crippen LogP) is 1.92. The third-order valence-corrected chi connectivity index (χ3v) is 2.40. The minimum Gasteiger partial charge on any atom is -0.459 e. The molecule has 1 rings (SSSR count). The monoisotopic (exact) mass is 250 g/mol. The van der Waals surface area contributed by atoms with Gasteiger partial charge in [0, 0.05) is 19.3 Å². The molecular formula is C14H22N2O2. The van der Waals surface area contributed by atoms with E-state index in [4.69, 9.17) is 10.5 Å². The molecule has 0 aliphatic carbocycles. The van der Waals surface area contributed by atoms with Crippen LogP contribution in [0.2, 0.25) is 0 Å². The zero-order valence-electron chi connectivity index (χ0n) is 11.6. The first-order valence-electron chi connectivity index (χ1n) is 6.04. The van der Waals surface area contributed by atoms with Crippen LogP contribution in [0, 0.1) is 0 Å². The molecule has 0 aliphatic rings. The standard InChI is InChI=1S/C14H22N2O2/c1-14(2,3)18-13(17)10-16(4)12-7-5-11(9-15)6-8-12/h5-8H,9-10,15H2,1-4H3. The Morgan fingerprint density at radius 2 is 1.83 bits per heavy atom. The van der Waals surface area contributed by atoms with Crippen molar-refractivity contribution >= 4 is 11.7 Å². The topological polar surface area (TPSA) is 55.6 Å². The van der Waals surface area contributed by atoms with Crippen LogP contribution in [0.5, 0.6) is 0 Å². The molecule has 18 heavy (non-hydrogen) atoms. The third-order valence-electron chi connectivity index (χ3n) is 2.40. The summed E-state index contributed by atoms with van der Waals surface area (Å²) in [5.41, 5.74) is 7.14. The number of ether oxygens (including phenoxy) is 1. The summed E-state index contributed by atoms with van der Waals surface area (Å²) in [6.07, 6.45) is 0. The Morgan fingerprint density at radius 1 is 1.28 bits per heavy atom. The second-order valence-electron chi connectivity index (χ2n) is 5.31. The van der Waals surface area contributed by atoms with Crippen LogP contribution in [0.4, 0.5) is 5.69 Å². The molecule has 2 N–H and O–H groups in total. The normalized spacial score (nSPS) is 11.2. The highest BCUT2D eigenvalue weighted by atomic mass is 16.6. The lowest BCUT2D eigenvalue weighted by atomic mass is 10.2. The number of benzene rings is 1. The van der Waals surface area contributed by atoms with E-state index in [-0.39, 0.29) is 12.5 Å². The van der Waals surface area contributed by atoms with Crippen LogP contribution in [0.15, 0.2) is 24.3 Å². The van der Waals surface area contributed by atoms with E-state index in [9.17, 15) is 4.79 Å². The van der Waals surface area contributed by atoms with Gasteiger partial charge in [0.1, 0.15) is 12.1 Å². The summed E-state index contributed by atoms with van der Waals surface area (Å²) in [5.74, 6) is -0.229. The van der Waals surface area contributed by atoms with Crippen LogP contribution in [0.1, 0.15) is 26.3 Å². The Hall–Kier alpha value is -1.55. The SMILES string of the molecule is CN(CC(=O)OC(C)(C)C)c1ccc(CN)cc1. The maximum absolute atomic E-state index is 11.7. The van der Waals surface area contributed by atoms with Crippen molar-refractivity contribution in [1.29, 1.82) is 0 Å². The quantitative estimate of drug-likeness (QED) is 0.830. The molecule has 4 heteroatoms. The van der Waals surface area contributed by atoms with Gasteiger partial charge in [-0.05, 0) is 38.5 Å². The van der Waals surface area contributed by atoms with Crippen LogP contribution in [0.25, 0.3) is 0 Å². The molecule has 0 unspecified atom stereocenters. The Labute approximate surface area is 109 Å². The molecule has 0 heterocycles. The second-order valence-corrected chi connectivity index (χ2v) is 5.31. The van der Waals surface area contributed by atoms with Crippen molar-refractivity contribution in [3.8, 4) is 0 Å². The van der Waals surface area contributed by atoms with E-state index in [0.29, 0.717) is 6.54 Å². The fraction of sp³-hybridized carbons (Fsp3) is 0.500. The minimum absolute atomic E-state index is 0.229. The van der Waals surface area contributed by atoms with Gasteiger partial charge in [0.15, 0.2) is 0 Å². The Morgan fingerprint density at radius 3 is 2.28 bits per heavy atom. The maximum Gasteiger partial charge on any atom is 0.326 e. The van der Waals surface area contributed by atoms with E-state index >= 15 is 0 Å². The Balaban J connectivity index is 2.59.